The highest BCUT2D eigenvalue weighted by molar-refractivity contribution is 9.10. The highest BCUT2D eigenvalue weighted by Crippen LogP contribution is 2.17. The van der Waals surface area contributed by atoms with Gasteiger partial charge < -0.3 is 5.32 Å². The number of hydrogen-bond donors (Lipinski definition) is 2. The van der Waals surface area contributed by atoms with E-state index < -0.39 is 0 Å². The molecule has 0 aliphatic rings. The highest BCUT2D eigenvalue weighted by Gasteiger charge is 2.00. The fraction of sp³-hybridized carbons (Fsp3) is 0.222. The number of nitrogens with one attached hydrogen (secondary N) is 1. The molecular weight excluding hydrogens is 250 g/mol. The number of carbonyl (C=O) groups excluding carboxylic acids is 1. The van der Waals surface area contributed by atoms with Crippen molar-refractivity contribution in [3.63, 3.8) is 0 Å². The Balaban J connectivity index is 2.72. The summed E-state index contributed by atoms with van der Waals surface area (Å²) in [5.74, 6) is 0. The summed E-state index contributed by atoms with van der Waals surface area (Å²) in [6.07, 6.45) is 0. The maximum absolute atomic E-state index is 10.5. The van der Waals surface area contributed by atoms with E-state index in [1.807, 2.05) is 25.1 Å². The molecule has 0 radical (unpaired) electrons. The molecule has 2 nitrogen and oxygen atoms in total. The third kappa shape index (κ3) is 3.40. The lowest BCUT2D eigenvalue weighted by Gasteiger charge is -2.05. The second-order valence-electron chi connectivity index (χ2n) is 2.75. The third-order valence-electron chi connectivity index (χ3n) is 1.64. The molecule has 0 spiro atoms. The Labute approximate surface area is 91.3 Å². The fourth-order valence-corrected chi connectivity index (χ4v) is 1.68. The van der Waals surface area contributed by atoms with Gasteiger partial charge in [-0.1, -0.05) is 40.7 Å². The first-order chi connectivity index (χ1) is 6.09. The molecule has 0 saturated heterocycles. The minimum Gasteiger partial charge on any atom is -0.343 e. The lowest BCUT2D eigenvalue weighted by molar-refractivity contribution is 0.260. The molecule has 0 aliphatic carbocycles. The molecule has 1 aromatic rings. The maximum atomic E-state index is 10.5. The lowest BCUT2D eigenvalue weighted by atomic mass is 10.1. The molecule has 0 atom stereocenters. The molecule has 1 N–H and O–H groups in total. The fourth-order valence-electron chi connectivity index (χ4n) is 0.967. The predicted molar refractivity (Wildman–Crippen MR) is 60.1 cm³/mol. The van der Waals surface area contributed by atoms with Gasteiger partial charge in [0, 0.05) is 11.0 Å². The van der Waals surface area contributed by atoms with Crippen LogP contribution in [0.5, 0.6) is 0 Å². The van der Waals surface area contributed by atoms with Crippen molar-refractivity contribution in [1.29, 1.82) is 0 Å². The molecule has 70 valence electrons. The lowest BCUT2D eigenvalue weighted by Crippen LogP contribution is -2.15. The van der Waals surface area contributed by atoms with Crippen molar-refractivity contribution >= 4 is 33.8 Å². The van der Waals surface area contributed by atoms with Crippen molar-refractivity contribution in [2.45, 2.75) is 13.5 Å². The molecule has 13 heavy (non-hydrogen) atoms. The van der Waals surface area contributed by atoms with Crippen LogP contribution in [0.1, 0.15) is 11.1 Å². The van der Waals surface area contributed by atoms with E-state index in [9.17, 15) is 4.79 Å². The minimum atomic E-state index is -0.313. The zero-order valence-electron chi connectivity index (χ0n) is 7.17. The van der Waals surface area contributed by atoms with E-state index in [0.29, 0.717) is 6.54 Å². The summed E-state index contributed by atoms with van der Waals surface area (Å²) in [6, 6.07) is 5.99. The first kappa shape index (κ1) is 10.6. The van der Waals surface area contributed by atoms with Crippen molar-refractivity contribution in [3.8, 4) is 0 Å². The molecule has 0 aromatic heterocycles. The summed E-state index contributed by atoms with van der Waals surface area (Å²) >= 11 is 7.04. The number of amides is 1. The van der Waals surface area contributed by atoms with Crippen molar-refractivity contribution in [1.82, 2.24) is 5.32 Å². The third-order valence-corrected chi connectivity index (χ3v) is 2.53. The summed E-state index contributed by atoms with van der Waals surface area (Å²) in [4.78, 5) is 10.5. The summed E-state index contributed by atoms with van der Waals surface area (Å²) in [5.41, 5.74) is 2.24. The van der Waals surface area contributed by atoms with Gasteiger partial charge in [0.1, 0.15) is 0 Å². The zero-order valence-corrected chi connectivity index (χ0v) is 9.65. The van der Waals surface area contributed by atoms with Crippen molar-refractivity contribution < 1.29 is 4.79 Å². The first-order valence-corrected chi connectivity index (χ1v) is 5.05. The van der Waals surface area contributed by atoms with Crippen LogP contribution in [0.4, 0.5) is 4.79 Å². The van der Waals surface area contributed by atoms with E-state index in [1.165, 1.54) is 5.56 Å². The molecule has 4 heteroatoms. The van der Waals surface area contributed by atoms with Crippen LogP contribution in [0.3, 0.4) is 0 Å². The number of aryl methyl sites for hydroxylation is 1. The van der Waals surface area contributed by atoms with Crippen LogP contribution < -0.4 is 5.32 Å². The van der Waals surface area contributed by atoms with Crippen LogP contribution in [-0.2, 0) is 6.54 Å². The molecule has 1 amide bonds. The van der Waals surface area contributed by atoms with Gasteiger partial charge in [-0.25, -0.2) is 0 Å². The average molecular weight is 260 g/mol. The van der Waals surface area contributed by atoms with Gasteiger partial charge in [-0.2, -0.15) is 0 Å². The van der Waals surface area contributed by atoms with Crippen LogP contribution in [0, 0.1) is 6.92 Å². The molecule has 0 fully saturated rings. The Bertz CT molecular complexity index is 327. The first-order valence-electron chi connectivity index (χ1n) is 3.81. The largest absolute Gasteiger partial charge is 0.343 e. The van der Waals surface area contributed by atoms with E-state index in [-0.39, 0.29) is 5.24 Å². The van der Waals surface area contributed by atoms with Gasteiger partial charge in [0.2, 0.25) is 0 Å². The summed E-state index contributed by atoms with van der Waals surface area (Å²) < 4.78 is 1.01. The van der Waals surface area contributed by atoms with Gasteiger partial charge in [-0.15, -0.1) is 0 Å². The van der Waals surface area contributed by atoms with Crippen LogP contribution in [0.2, 0.25) is 0 Å². The average Bonchev–Trinajstić information content (AvgIpc) is 2.02. The highest BCUT2D eigenvalue weighted by atomic mass is 79.9. The van der Waals surface area contributed by atoms with E-state index in [1.54, 1.807) is 0 Å². The number of thiol groups is 1. The van der Waals surface area contributed by atoms with Gasteiger partial charge >= 0.3 is 0 Å². The van der Waals surface area contributed by atoms with E-state index in [0.717, 1.165) is 10.0 Å². The molecule has 0 heterocycles. The molecule has 0 saturated carbocycles. The Morgan fingerprint density at radius 3 is 2.85 bits per heavy atom. The molecule has 0 aliphatic heterocycles. The van der Waals surface area contributed by atoms with Gasteiger partial charge in [0.05, 0.1) is 0 Å². The zero-order chi connectivity index (χ0) is 9.84. The molecule has 0 bridgehead atoms. The Hall–Kier alpha value is -0.480. The van der Waals surface area contributed by atoms with Crippen LogP contribution in [-0.4, -0.2) is 5.24 Å². The van der Waals surface area contributed by atoms with Gasteiger partial charge in [0.15, 0.2) is 0 Å². The topological polar surface area (TPSA) is 29.1 Å². The Kier molecular flexibility index (Phi) is 3.81. The quantitative estimate of drug-likeness (QED) is 0.786. The Morgan fingerprint density at radius 2 is 2.31 bits per heavy atom. The monoisotopic (exact) mass is 259 g/mol. The maximum Gasteiger partial charge on any atom is 0.276 e. The minimum absolute atomic E-state index is 0.313. The second-order valence-corrected chi connectivity index (χ2v) is 4.01. The van der Waals surface area contributed by atoms with Crippen LogP contribution >= 0.6 is 28.6 Å². The smallest absolute Gasteiger partial charge is 0.276 e. The van der Waals surface area contributed by atoms with E-state index in [2.05, 4.69) is 33.9 Å². The number of benzene rings is 1. The van der Waals surface area contributed by atoms with E-state index in [4.69, 9.17) is 0 Å². The summed E-state index contributed by atoms with van der Waals surface area (Å²) in [6.45, 7) is 2.52. The van der Waals surface area contributed by atoms with Crippen molar-refractivity contribution in [2.75, 3.05) is 0 Å². The van der Waals surface area contributed by atoms with Gasteiger partial charge in [-0.3, -0.25) is 4.79 Å². The standard InChI is InChI=1S/C9H10BrNOS/c1-6-2-3-7(8(10)4-6)5-11-9(12)13/h2-4H,5H2,1H3,(H2,11,12,13). The van der Waals surface area contributed by atoms with Crippen LogP contribution in [0.15, 0.2) is 22.7 Å². The molecule has 1 aromatic carbocycles. The molecule has 1 rings (SSSR count). The molecule has 0 unspecified atom stereocenters. The number of hydrogen-bond acceptors (Lipinski definition) is 1. The van der Waals surface area contributed by atoms with Crippen molar-refractivity contribution in [2.24, 2.45) is 0 Å². The van der Waals surface area contributed by atoms with Gasteiger partial charge in [0.25, 0.3) is 5.24 Å². The van der Waals surface area contributed by atoms with Crippen molar-refractivity contribution in [3.05, 3.63) is 33.8 Å². The molecular formula is C9H10BrNOS. The summed E-state index contributed by atoms with van der Waals surface area (Å²) in [5, 5.41) is 2.30. The number of halogens is 1. The Morgan fingerprint density at radius 1 is 1.62 bits per heavy atom. The SMILES string of the molecule is Cc1ccc(CNC(=O)S)c(Br)c1. The number of carbonyl (C=O) groups is 1. The van der Waals surface area contributed by atoms with E-state index >= 15 is 0 Å². The normalized spacial score (nSPS) is 9.77. The number of rotatable bonds is 2. The van der Waals surface area contributed by atoms with Crippen LogP contribution in [0.25, 0.3) is 0 Å². The predicted octanol–water partition coefficient (Wildman–Crippen LogP) is 2.90. The summed E-state index contributed by atoms with van der Waals surface area (Å²) in [7, 11) is 0. The second kappa shape index (κ2) is 4.67. The van der Waals surface area contributed by atoms with Gasteiger partial charge in [-0.05, 0) is 24.1 Å².